The molecule has 1 amide bonds. The minimum Gasteiger partial charge on any atom is -0.311 e. The van der Waals surface area contributed by atoms with Crippen molar-refractivity contribution < 1.29 is 18.0 Å². The van der Waals surface area contributed by atoms with Gasteiger partial charge < -0.3 is 4.90 Å². The van der Waals surface area contributed by atoms with Gasteiger partial charge in [-0.1, -0.05) is 32.4 Å². The molecule has 0 bridgehead atoms. The lowest BCUT2D eigenvalue weighted by Crippen LogP contribution is -2.29. The fourth-order valence-corrected chi connectivity index (χ4v) is 3.19. The summed E-state index contributed by atoms with van der Waals surface area (Å²) in [7, 11) is 1.45. The first-order valence-corrected chi connectivity index (χ1v) is 8.58. The number of H-pyrrole nitrogens is 1. The van der Waals surface area contributed by atoms with Gasteiger partial charge in [0.25, 0.3) is 5.91 Å². The number of rotatable bonds is 5. The second-order valence-electron chi connectivity index (χ2n) is 6.75. The normalized spacial score (nSPS) is 13.1. The lowest BCUT2D eigenvalue weighted by atomic mass is 9.90. The molecule has 0 aliphatic rings. The van der Waals surface area contributed by atoms with Crippen molar-refractivity contribution in [3.63, 3.8) is 0 Å². The van der Waals surface area contributed by atoms with Gasteiger partial charge >= 0.3 is 6.18 Å². The number of alkyl halides is 3. The van der Waals surface area contributed by atoms with Gasteiger partial charge in [0.1, 0.15) is 0 Å². The molecule has 2 aromatic rings. The molecule has 0 radical (unpaired) electrons. The van der Waals surface area contributed by atoms with E-state index in [9.17, 15) is 18.0 Å². The maximum absolute atomic E-state index is 13.1. The fraction of sp³-hybridized carbons (Fsp3) is 0.444. The number of aromatic nitrogens is 2. The second kappa shape index (κ2) is 7.70. The molecule has 2 rings (SSSR count). The lowest BCUT2D eigenvalue weighted by Gasteiger charge is -2.25. The number of hydrogen-bond acceptors (Lipinski definition) is 2. The van der Waals surface area contributed by atoms with Gasteiger partial charge in [-0.05, 0) is 42.0 Å². The van der Waals surface area contributed by atoms with Gasteiger partial charge in [0.2, 0.25) is 0 Å². The molecule has 4 nitrogen and oxygen atoms in total. The summed E-state index contributed by atoms with van der Waals surface area (Å²) in [6.07, 6.45) is -2.93. The highest BCUT2D eigenvalue weighted by Gasteiger charge is 2.38. The van der Waals surface area contributed by atoms with Gasteiger partial charge in [0.15, 0.2) is 5.69 Å². The van der Waals surface area contributed by atoms with Crippen LogP contribution in [-0.4, -0.2) is 23.2 Å². The largest absolute Gasteiger partial charge is 0.433 e. The quantitative estimate of drug-likeness (QED) is 0.735. The summed E-state index contributed by atoms with van der Waals surface area (Å²) in [6.45, 7) is 6.17. The first-order valence-electron chi connectivity index (χ1n) is 8.20. The van der Waals surface area contributed by atoms with E-state index in [1.165, 1.54) is 11.9 Å². The Hall–Kier alpha value is -2.02. The summed E-state index contributed by atoms with van der Waals surface area (Å²) < 4.78 is 39.2. The molecule has 0 aliphatic heterocycles. The number of hydrogen-bond donors (Lipinski definition) is 1. The number of anilines is 1. The highest BCUT2D eigenvalue weighted by molar-refractivity contribution is 6.30. The molecule has 1 N–H and O–H groups in total. The summed E-state index contributed by atoms with van der Waals surface area (Å²) in [6, 6.07) is 5.03. The molecule has 0 spiro atoms. The molecule has 142 valence electrons. The van der Waals surface area contributed by atoms with Gasteiger partial charge in [0, 0.05) is 17.8 Å². The summed E-state index contributed by atoms with van der Waals surface area (Å²) in [5, 5.41) is 5.76. The minimum absolute atomic E-state index is 0.0883. The number of nitrogens with one attached hydrogen (secondary N) is 1. The van der Waals surface area contributed by atoms with Crippen LogP contribution in [0.4, 0.5) is 18.9 Å². The zero-order valence-electron chi connectivity index (χ0n) is 15.0. The predicted molar refractivity (Wildman–Crippen MR) is 95.6 cm³/mol. The van der Waals surface area contributed by atoms with E-state index in [1.807, 2.05) is 12.0 Å². The number of halogens is 4. The third-order valence-electron chi connectivity index (χ3n) is 4.16. The first-order chi connectivity index (χ1) is 12.0. The Morgan fingerprint density at radius 2 is 1.96 bits per heavy atom. The van der Waals surface area contributed by atoms with Crippen molar-refractivity contribution in [2.45, 2.75) is 39.3 Å². The number of aromatic amines is 1. The Kier molecular flexibility index (Phi) is 6.01. The molecule has 1 aromatic carbocycles. The number of benzene rings is 1. The van der Waals surface area contributed by atoms with E-state index < -0.39 is 23.3 Å². The molecule has 0 saturated heterocycles. The van der Waals surface area contributed by atoms with Crippen LogP contribution in [0.15, 0.2) is 24.4 Å². The van der Waals surface area contributed by atoms with Crippen LogP contribution < -0.4 is 4.90 Å². The number of nitrogens with zero attached hydrogens (tertiary/aromatic N) is 2. The molecule has 26 heavy (non-hydrogen) atoms. The van der Waals surface area contributed by atoms with Crippen molar-refractivity contribution >= 4 is 23.2 Å². The highest BCUT2D eigenvalue weighted by Crippen LogP contribution is 2.35. The summed E-state index contributed by atoms with van der Waals surface area (Å²) in [4.78, 5) is 13.9. The molecule has 1 atom stereocenters. The van der Waals surface area contributed by atoms with E-state index in [0.717, 1.165) is 18.2 Å². The monoisotopic (exact) mass is 387 g/mol. The van der Waals surface area contributed by atoms with Crippen LogP contribution in [0.3, 0.4) is 0 Å². The van der Waals surface area contributed by atoms with Crippen LogP contribution in [0.1, 0.15) is 54.7 Å². The van der Waals surface area contributed by atoms with Crippen LogP contribution in [-0.2, 0) is 6.18 Å². The third kappa shape index (κ3) is 4.38. The Bertz CT molecular complexity index is 786. The molecule has 1 aromatic heterocycles. The van der Waals surface area contributed by atoms with Crippen LogP contribution in [0, 0.1) is 5.92 Å². The molecule has 1 heterocycles. The first kappa shape index (κ1) is 20.3. The minimum atomic E-state index is -4.68. The molecular weight excluding hydrogens is 367 g/mol. The van der Waals surface area contributed by atoms with Crippen molar-refractivity contribution in [3.05, 3.63) is 46.2 Å². The van der Waals surface area contributed by atoms with Gasteiger partial charge in [-0.25, -0.2) is 0 Å². The standard InChI is InChI=1S/C18H21ClF3N3O/c1-10(2)7-11(3)13-8-12(19)5-6-15(13)25(4)17(26)14-9-23-24-16(14)18(20,21)22/h5-6,8-11H,7H2,1-4H3,(H,23,24). The van der Waals surface area contributed by atoms with E-state index in [0.29, 0.717) is 16.6 Å². The maximum atomic E-state index is 13.1. The lowest BCUT2D eigenvalue weighted by molar-refractivity contribution is -0.141. The van der Waals surface area contributed by atoms with Crippen molar-refractivity contribution in [2.75, 3.05) is 11.9 Å². The van der Waals surface area contributed by atoms with E-state index >= 15 is 0 Å². The van der Waals surface area contributed by atoms with Crippen LogP contribution in [0.5, 0.6) is 0 Å². The SMILES string of the molecule is CC(C)CC(C)c1cc(Cl)ccc1N(C)C(=O)c1cn[nH]c1C(F)(F)F. The molecule has 0 aliphatic carbocycles. The van der Waals surface area contributed by atoms with Crippen LogP contribution in [0.25, 0.3) is 0 Å². The molecule has 0 saturated carbocycles. The smallest absolute Gasteiger partial charge is 0.311 e. The van der Waals surface area contributed by atoms with Crippen molar-refractivity contribution in [1.82, 2.24) is 10.2 Å². The molecule has 8 heteroatoms. The fourth-order valence-electron chi connectivity index (χ4n) is 3.01. The van der Waals surface area contributed by atoms with Crippen LogP contribution >= 0.6 is 11.6 Å². The predicted octanol–water partition coefficient (Wildman–Crippen LogP) is 5.51. The Morgan fingerprint density at radius 1 is 1.31 bits per heavy atom. The van der Waals surface area contributed by atoms with Gasteiger partial charge in [-0.3, -0.25) is 9.89 Å². The van der Waals surface area contributed by atoms with Crippen molar-refractivity contribution in [3.8, 4) is 0 Å². The number of amides is 1. The number of carbonyl (C=O) groups excluding carboxylic acids is 1. The average molecular weight is 388 g/mol. The summed E-state index contributed by atoms with van der Waals surface area (Å²) in [5.41, 5.74) is -0.321. The number of carbonyl (C=O) groups is 1. The van der Waals surface area contributed by atoms with Gasteiger partial charge in [0.05, 0.1) is 11.8 Å². The second-order valence-corrected chi connectivity index (χ2v) is 7.19. The zero-order valence-corrected chi connectivity index (χ0v) is 15.7. The Morgan fingerprint density at radius 3 is 2.54 bits per heavy atom. The topological polar surface area (TPSA) is 49.0 Å². The van der Waals surface area contributed by atoms with Gasteiger partial charge in [-0.15, -0.1) is 0 Å². The summed E-state index contributed by atoms with van der Waals surface area (Å²) in [5.74, 6) is -0.277. The average Bonchev–Trinajstić information content (AvgIpc) is 3.02. The van der Waals surface area contributed by atoms with E-state index in [2.05, 4.69) is 18.9 Å². The molecule has 0 fully saturated rings. The highest BCUT2D eigenvalue weighted by atomic mass is 35.5. The third-order valence-corrected chi connectivity index (χ3v) is 4.40. The maximum Gasteiger partial charge on any atom is 0.433 e. The van der Waals surface area contributed by atoms with Crippen molar-refractivity contribution in [1.29, 1.82) is 0 Å². The van der Waals surface area contributed by atoms with Gasteiger partial charge in [-0.2, -0.15) is 18.3 Å². The molecule has 1 unspecified atom stereocenters. The van der Waals surface area contributed by atoms with Crippen LogP contribution in [0.2, 0.25) is 5.02 Å². The van der Waals surface area contributed by atoms with E-state index in [-0.39, 0.29) is 5.92 Å². The summed E-state index contributed by atoms with van der Waals surface area (Å²) >= 11 is 6.10. The Balaban J connectivity index is 2.42. The van der Waals surface area contributed by atoms with E-state index in [1.54, 1.807) is 18.2 Å². The zero-order chi connectivity index (χ0) is 19.6. The van der Waals surface area contributed by atoms with E-state index in [4.69, 9.17) is 11.6 Å². The van der Waals surface area contributed by atoms with Crippen molar-refractivity contribution in [2.24, 2.45) is 5.92 Å². The Labute approximate surface area is 155 Å². The molecular formula is C18H21ClF3N3O.